The van der Waals surface area contributed by atoms with Crippen LogP contribution in [0.3, 0.4) is 0 Å². The van der Waals surface area contributed by atoms with E-state index in [2.05, 4.69) is 9.88 Å². The van der Waals surface area contributed by atoms with Gasteiger partial charge < -0.3 is 4.52 Å². The lowest BCUT2D eigenvalue weighted by atomic mass is 10.3. The summed E-state index contributed by atoms with van der Waals surface area (Å²) in [7, 11) is -4.02. The predicted octanol–water partition coefficient (Wildman–Crippen LogP) is 2.14. The molecule has 0 aliphatic carbocycles. The maximum Gasteiger partial charge on any atom is 0.304 e. The number of nitro groups is 1. The molecule has 2 rings (SSSR count). The first-order valence-corrected chi connectivity index (χ1v) is 7.10. The number of aromatic nitrogens is 1. The summed E-state index contributed by atoms with van der Waals surface area (Å²) in [5.74, 6) is -1.05. The van der Waals surface area contributed by atoms with E-state index in [9.17, 15) is 22.9 Å². The van der Waals surface area contributed by atoms with Crippen LogP contribution in [0.25, 0.3) is 0 Å². The van der Waals surface area contributed by atoms with Gasteiger partial charge in [-0.1, -0.05) is 5.16 Å². The smallest absolute Gasteiger partial charge is 0.304 e. The van der Waals surface area contributed by atoms with Gasteiger partial charge in [-0.3, -0.25) is 14.8 Å². The van der Waals surface area contributed by atoms with Gasteiger partial charge in [0.05, 0.1) is 10.6 Å². The van der Waals surface area contributed by atoms with Crippen molar-refractivity contribution in [3.63, 3.8) is 0 Å². The monoisotopic (exact) mass is 315 g/mol. The van der Waals surface area contributed by atoms with Crippen molar-refractivity contribution < 1.29 is 22.3 Å². The average molecular weight is 315 g/mol. The molecular weight excluding hydrogens is 305 g/mol. The van der Waals surface area contributed by atoms with Crippen LogP contribution < -0.4 is 4.72 Å². The molecule has 1 aromatic heterocycles. The normalized spacial score (nSPS) is 11.4. The third-order valence-corrected chi connectivity index (χ3v) is 4.26. The summed E-state index contributed by atoms with van der Waals surface area (Å²) in [5.41, 5.74) is -0.726. The molecule has 1 N–H and O–H groups in total. The molecule has 8 nitrogen and oxygen atoms in total. The second-order valence-corrected chi connectivity index (χ2v) is 5.80. The Morgan fingerprint density at radius 2 is 2.05 bits per heavy atom. The predicted molar refractivity (Wildman–Crippen MR) is 69.8 cm³/mol. The van der Waals surface area contributed by atoms with Crippen molar-refractivity contribution in [2.75, 3.05) is 4.72 Å². The molecule has 0 atom stereocenters. The summed E-state index contributed by atoms with van der Waals surface area (Å²) in [6.45, 7) is 2.87. The number of hydrogen-bond donors (Lipinski definition) is 1. The molecule has 0 radical (unpaired) electrons. The van der Waals surface area contributed by atoms with E-state index in [0.717, 1.165) is 18.2 Å². The molecule has 10 heteroatoms. The van der Waals surface area contributed by atoms with Crippen molar-refractivity contribution in [3.8, 4) is 0 Å². The van der Waals surface area contributed by atoms with E-state index in [-0.39, 0.29) is 22.0 Å². The highest BCUT2D eigenvalue weighted by Crippen LogP contribution is 2.25. The summed E-state index contributed by atoms with van der Waals surface area (Å²) in [4.78, 5) is 9.45. The van der Waals surface area contributed by atoms with Crippen LogP contribution in [0.4, 0.5) is 15.8 Å². The van der Waals surface area contributed by atoms with E-state index in [4.69, 9.17) is 4.52 Å². The lowest BCUT2D eigenvalue weighted by Crippen LogP contribution is -2.14. The number of sulfonamides is 1. The Kier molecular flexibility index (Phi) is 3.64. The number of nitro benzene ring substituents is 1. The van der Waals surface area contributed by atoms with E-state index in [1.165, 1.54) is 13.8 Å². The summed E-state index contributed by atoms with van der Waals surface area (Å²) < 4.78 is 44.7. The number of hydrogen-bond acceptors (Lipinski definition) is 6. The van der Waals surface area contributed by atoms with Gasteiger partial charge in [0.2, 0.25) is 5.82 Å². The van der Waals surface area contributed by atoms with Crippen LogP contribution in [0.2, 0.25) is 0 Å². The average Bonchev–Trinajstić information content (AvgIpc) is 2.68. The van der Waals surface area contributed by atoms with Crippen LogP contribution in [-0.2, 0) is 10.0 Å². The first-order valence-electron chi connectivity index (χ1n) is 5.62. The topological polar surface area (TPSA) is 115 Å². The zero-order valence-electron chi connectivity index (χ0n) is 11.0. The fraction of sp³-hybridized carbons (Fsp3) is 0.182. The Bertz CT molecular complexity index is 796. The number of nitrogens with zero attached hydrogens (tertiary/aromatic N) is 2. The summed E-state index contributed by atoms with van der Waals surface area (Å²) in [5, 5.41) is 14.0. The van der Waals surface area contributed by atoms with E-state index < -0.39 is 26.5 Å². The van der Waals surface area contributed by atoms with Crippen LogP contribution in [0.1, 0.15) is 11.5 Å². The maximum atomic E-state index is 13.5. The minimum absolute atomic E-state index is 0.0855. The Morgan fingerprint density at radius 3 is 2.52 bits per heavy atom. The van der Waals surface area contributed by atoms with E-state index in [1.54, 1.807) is 0 Å². The quantitative estimate of drug-likeness (QED) is 0.682. The van der Waals surface area contributed by atoms with Gasteiger partial charge in [-0.2, -0.15) is 4.39 Å². The maximum absolute atomic E-state index is 13.5. The molecule has 0 aliphatic heterocycles. The molecule has 0 saturated carbocycles. The van der Waals surface area contributed by atoms with E-state index >= 15 is 0 Å². The molecule has 0 amide bonds. The van der Waals surface area contributed by atoms with Crippen molar-refractivity contribution in [2.45, 2.75) is 18.7 Å². The molecule has 0 bridgehead atoms. The SMILES string of the molecule is Cc1noc(C)c1S(=O)(=O)Nc1ccc([N+](=O)[O-])c(F)c1. The number of benzene rings is 1. The zero-order valence-corrected chi connectivity index (χ0v) is 11.8. The van der Waals surface area contributed by atoms with E-state index in [0.29, 0.717) is 0 Å². The first kappa shape index (κ1) is 14.9. The minimum Gasteiger partial charge on any atom is -0.360 e. The van der Waals surface area contributed by atoms with E-state index in [1.807, 2.05) is 0 Å². The highest BCUT2D eigenvalue weighted by molar-refractivity contribution is 7.92. The van der Waals surface area contributed by atoms with Crippen LogP contribution in [0, 0.1) is 29.8 Å². The van der Waals surface area contributed by atoms with Crippen molar-refractivity contribution >= 4 is 21.4 Å². The van der Waals surface area contributed by atoms with Crippen molar-refractivity contribution in [1.82, 2.24) is 5.16 Å². The highest BCUT2D eigenvalue weighted by Gasteiger charge is 2.25. The Hall–Kier alpha value is -2.49. The van der Waals surface area contributed by atoms with Crippen LogP contribution in [-0.4, -0.2) is 18.5 Å². The fourth-order valence-corrected chi connectivity index (χ4v) is 3.16. The van der Waals surface area contributed by atoms with Gasteiger partial charge in [-0.25, -0.2) is 8.42 Å². The lowest BCUT2D eigenvalue weighted by molar-refractivity contribution is -0.387. The minimum atomic E-state index is -4.02. The van der Waals surface area contributed by atoms with Gasteiger partial charge in [0.25, 0.3) is 10.0 Å². The first-order chi connectivity index (χ1) is 9.72. The molecule has 0 spiro atoms. The highest BCUT2D eigenvalue weighted by atomic mass is 32.2. The van der Waals surface area contributed by atoms with Gasteiger partial charge in [0, 0.05) is 12.1 Å². The summed E-state index contributed by atoms with van der Waals surface area (Å²) >= 11 is 0. The molecule has 0 saturated heterocycles. The second kappa shape index (κ2) is 5.13. The Morgan fingerprint density at radius 1 is 1.38 bits per heavy atom. The Labute approximate surface area is 118 Å². The van der Waals surface area contributed by atoms with Crippen molar-refractivity contribution in [2.24, 2.45) is 0 Å². The van der Waals surface area contributed by atoms with Gasteiger partial charge in [0.15, 0.2) is 10.7 Å². The zero-order chi connectivity index (χ0) is 15.8. The fourth-order valence-electron chi connectivity index (χ4n) is 1.78. The standard InChI is InChI=1S/C11H10FN3O5S/c1-6-11(7(2)20-13-6)21(18,19)14-8-3-4-10(15(16)17)9(12)5-8/h3-5,14H,1-2H3. The molecule has 112 valence electrons. The lowest BCUT2D eigenvalue weighted by Gasteiger charge is -2.07. The molecule has 21 heavy (non-hydrogen) atoms. The van der Waals surface area contributed by atoms with Gasteiger partial charge >= 0.3 is 5.69 Å². The number of halogens is 1. The summed E-state index contributed by atoms with van der Waals surface area (Å²) in [6, 6.07) is 2.70. The van der Waals surface area contributed by atoms with Crippen LogP contribution >= 0.6 is 0 Å². The van der Waals surface area contributed by atoms with Crippen LogP contribution in [0.5, 0.6) is 0 Å². The largest absolute Gasteiger partial charge is 0.360 e. The molecule has 2 aromatic rings. The number of aryl methyl sites for hydroxylation is 2. The molecular formula is C11H10FN3O5S. The summed E-state index contributed by atoms with van der Waals surface area (Å²) in [6.07, 6.45) is 0. The number of rotatable bonds is 4. The van der Waals surface area contributed by atoms with Gasteiger partial charge in [0.1, 0.15) is 5.69 Å². The number of anilines is 1. The van der Waals surface area contributed by atoms with Crippen molar-refractivity contribution in [3.05, 3.63) is 45.6 Å². The molecule has 1 aromatic carbocycles. The molecule has 1 heterocycles. The van der Waals surface area contributed by atoms with Crippen LogP contribution in [0.15, 0.2) is 27.6 Å². The third kappa shape index (κ3) is 2.84. The molecule has 0 aliphatic rings. The Balaban J connectivity index is 2.38. The van der Waals surface area contributed by atoms with Gasteiger partial charge in [-0.05, 0) is 19.9 Å². The molecule has 0 fully saturated rings. The van der Waals surface area contributed by atoms with Gasteiger partial charge in [-0.15, -0.1) is 0 Å². The third-order valence-electron chi connectivity index (χ3n) is 2.63. The van der Waals surface area contributed by atoms with Crippen molar-refractivity contribution in [1.29, 1.82) is 0 Å². The number of nitrogens with one attached hydrogen (secondary N) is 1. The molecule has 0 unspecified atom stereocenters. The second-order valence-electron chi connectivity index (χ2n) is 4.18.